The Morgan fingerprint density at radius 2 is 1.84 bits per heavy atom. The lowest BCUT2D eigenvalue weighted by atomic mass is 10.0. The molecule has 0 fully saturated rings. The van der Waals surface area contributed by atoms with E-state index in [9.17, 15) is 9.59 Å². The first-order chi connectivity index (χ1) is 15.0. The van der Waals surface area contributed by atoms with E-state index < -0.39 is 5.97 Å². The van der Waals surface area contributed by atoms with E-state index in [1.165, 1.54) is 7.11 Å². The SMILES string of the molecule is COC(=O)c1ccc(/C=C2\Oc3cc(OCc4ccccc4Cl)cc(C)c3C2=O)cc1. The summed E-state index contributed by atoms with van der Waals surface area (Å²) in [6.07, 6.45) is 1.65. The van der Waals surface area contributed by atoms with Gasteiger partial charge in [-0.1, -0.05) is 41.9 Å². The first kappa shape index (κ1) is 20.7. The van der Waals surface area contributed by atoms with E-state index in [2.05, 4.69) is 0 Å². The van der Waals surface area contributed by atoms with Crippen molar-refractivity contribution < 1.29 is 23.8 Å². The highest BCUT2D eigenvalue weighted by molar-refractivity contribution is 6.31. The Hall–Kier alpha value is -3.57. The van der Waals surface area contributed by atoms with Crippen LogP contribution >= 0.6 is 11.6 Å². The third-order valence-corrected chi connectivity index (χ3v) is 5.29. The molecule has 3 aromatic rings. The molecule has 0 unspecified atom stereocenters. The number of hydrogen-bond donors (Lipinski definition) is 0. The second-order valence-electron chi connectivity index (χ2n) is 7.05. The number of ether oxygens (including phenoxy) is 3. The van der Waals surface area contributed by atoms with Crippen LogP contribution in [0.3, 0.4) is 0 Å². The van der Waals surface area contributed by atoms with Crippen LogP contribution in [0.2, 0.25) is 5.02 Å². The van der Waals surface area contributed by atoms with Gasteiger partial charge in [0.1, 0.15) is 18.1 Å². The van der Waals surface area contributed by atoms with Crippen LogP contribution in [-0.4, -0.2) is 18.9 Å². The topological polar surface area (TPSA) is 61.8 Å². The quantitative estimate of drug-likeness (QED) is 0.384. The van der Waals surface area contributed by atoms with Gasteiger partial charge in [-0.05, 0) is 48.4 Å². The summed E-state index contributed by atoms with van der Waals surface area (Å²) in [4.78, 5) is 24.4. The third-order valence-electron chi connectivity index (χ3n) is 4.93. The van der Waals surface area contributed by atoms with Crippen molar-refractivity contribution in [2.75, 3.05) is 7.11 Å². The molecule has 3 aromatic carbocycles. The van der Waals surface area contributed by atoms with Crippen LogP contribution in [0.25, 0.3) is 6.08 Å². The fourth-order valence-corrected chi connectivity index (χ4v) is 3.51. The van der Waals surface area contributed by atoms with Gasteiger partial charge in [-0.3, -0.25) is 4.79 Å². The zero-order valence-electron chi connectivity index (χ0n) is 17.0. The van der Waals surface area contributed by atoms with Gasteiger partial charge in [0.15, 0.2) is 5.76 Å². The van der Waals surface area contributed by atoms with E-state index in [1.54, 1.807) is 36.4 Å². The van der Waals surface area contributed by atoms with Crippen molar-refractivity contribution in [1.29, 1.82) is 0 Å². The molecule has 0 aromatic heterocycles. The second kappa shape index (κ2) is 8.66. The van der Waals surface area contributed by atoms with E-state index in [0.29, 0.717) is 34.3 Å². The molecule has 0 aliphatic carbocycles. The first-order valence-corrected chi connectivity index (χ1v) is 9.97. The van der Waals surface area contributed by atoms with E-state index in [-0.39, 0.29) is 11.5 Å². The maximum Gasteiger partial charge on any atom is 0.337 e. The molecule has 0 atom stereocenters. The van der Waals surface area contributed by atoms with Gasteiger partial charge in [-0.15, -0.1) is 0 Å². The molecule has 0 amide bonds. The van der Waals surface area contributed by atoms with Crippen LogP contribution in [0, 0.1) is 6.92 Å². The van der Waals surface area contributed by atoms with Crippen molar-refractivity contribution >= 4 is 29.4 Å². The largest absolute Gasteiger partial charge is 0.489 e. The number of allylic oxidation sites excluding steroid dienone is 1. The molecule has 31 heavy (non-hydrogen) atoms. The molecule has 0 saturated heterocycles. The van der Waals surface area contributed by atoms with E-state index >= 15 is 0 Å². The molecule has 0 saturated carbocycles. The van der Waals surface area contributed by atoms with Crippen LogP contribution in [0.15, 0.2) is 66.4 Å². The Bertz CT molecular complexity index is 1200. The molecule has 1 aliphatic heterocycles. The Morgan fingerprint density at radius 3 is 2.55 bits per heavy atom. The molecule has 1 aliphatic rings. The molecule has 1 heterocycles. The molecule has 156 valence electrons. The number of fused-ring (bicyclic) bond motifs is 1. The predicted octanol–water partition coefficient (Wildman–Crippen LogP) is 5.63. The highest BCUT2D eigenvalue weighted by Gasteiger charge is 2.30. The number of rotatable bonds is 5. The minimum atomic E-state index is -0.417. The van der Waals surface area contributed by atoms with Crippen molar-refractivity contribution in [3.63, 3.8) is 0 Å². The minimum absolute atomic E-state index is 0.192. The normalized spacial score (nSPS) is 13.6. The number of esters is 1. The average molecular weight is 435 g/mol. The molecule has 5 nitrogen and oxygen atoms in total. The molecular weight excluding hydrogens is 416 g/mol. The van der Waals surface area contributed by atoms with Gasteiger partial charge < -0.3 is 14.2 Å². The maximum absolute atomic E-state index is 12.9. The van der Waals surface area contributed by atoms with Gasteiger partial charge >= 0.3 is 5.97 Å². The number of aryl methyl sites for hydroxylation is 1. The smallest absolute Gasteiger partial charge is 0.337 e. The Morgan fingerprint density at radius 1 is 1.10 bits per heavy atom. The van der Waals surface area contributed by atoms with E-state index in [0.717, 1.165) is 16.7 Å². The summed E-state index contributed by atoms with van der Waals surface area (Å²) in [5.41, 5.74) is 3.32. The Kier molecular flexibility index (Phi) is 5.78. The monoisotopic (exact) mass is 434 g/mol. The maximum atomic E-state index is 12.9. The lowest BCUT2D eigenvalue weighted by Crippen LogP contribution is -2.01. The number of benzene rings is 3. The first-order valence-electron chi connectivity index (χ1n) is 9.59. The van der Waals surface area contributed by atoms with Crippen LogP contribution in [0.1, 0.15) is 37.4 Å². The fraction of sp³-hybridized carbons (Fsp3) is 0.120. The van der Waals surface area contributed by atoms with Crippen LogP contribution < -0.4 is 9.47 Å². The van der Waals surface area contributed by atoms with Gasteiger partial charge in [0.2, 0.25) is 5.78 Å². The third kappa shape index (κ3) is 4.32. The van der Waals surface area contributed by atoms with Gasteiger partial charge in [0.05, 0.1) is 18.2 Å². The summed E-state index contributed by atoms with van der Waals surface area (Å²) in [6, 6.07) is 17.7. The standard InChI is InChI=1S/C25H19ClO5/c1-15-11-19(30-14-18-5-3-4-6-20(18)26)13-21-23(15)24(27)22(31-21)12-16-7-9-17(10-8-16)25(28)29-2/h3-13H,14H2,1-2H3/b22-12-. The van der Waals surface area contributed by atoms with Crippen LogP contribution in [-0.2, 0) is 11.3 Å². The van der Waals surface area contributed by atoms with Crippen LogP contribution in [0.5, 0.6) is 11.5 Å². The number of carbonyl (C=O) groups excluding carboxylic acids is 2. The Balaban J connectivity index is 1.54. The zero-order valence-corrected chi connectivity index (χ0v) is 17.7. The van der Waals surface area contributed by atoms with Gasteiger partial charge in [-0.2, -0.15) is 0 Å². The van der Waals surface area contributed by atoms with Gasteiger partial charge in [0.25, 0.3) is 0 Å². The number of halogens is 1. The molecule has 0 radical (unpaired) electrons. The van der Waals surface area contributed by atoms with Gasteiger partial charge in [0, 0.05) is 16.7 Å². The second-order valence-corrected chi connectivity index (χ2v) is 7.45. The average Bonchev–Trinajstić information content (AvgIpc) is 3.08. The number of methoxy groups -OCH3 is 1. The summed E-state index contributed by atoms with van der Waals surface area (Å²) in [5.74, 6) is 0.651. The molecule has 0 N–H and O–H groups in total. The summed E-state index contributed by atoms with van der Waals surface area (Å²) >= 11 is 6.18. The molecule has 0 spiro atoms. The number of carbonyl (C=O) groups is 2. The van der Waals surface area contributed by atoms with Crippen molar-refractivity contribution in [2.45, 2.75) is 13.5 Å². The molecule has 0 bridgehead atoms. The Labute approximate surface area is 184 Å². The van der Waals surface area contributed by atoms with Crippen molar-refractivity contribution in [2.24, 2.45) is 0 Å². The highest BCUT2D eigenvalue weighted by Crippen LogP contribution is 2.37. The van der Waals surface area contributed by atoms with E-state index in [4.69, 9.17) is 25.8 Å². The molecule has 6 heteroatoms. The van der Waals surface area contributed by atoms with E-state index in [1.807, 2.05) is 37.3 Å². The molecular formula is C25H19ClO5. The molecule has 4 rings (SSSR count). The van der Waals surface area contributed by atoms with Crippen molar-refractivity contribution in [3.05, 3.63) is 99.3 Å². The number of Topliss-reactive ketones (excluding diaryl/α,β-unsaturated/α-hetero) is 1. The number of ketones is 1. The summed E-state index contributed by atoms with van der Waals surface area (Å²) in [7, 11) is 1.33. The number of hydrogen-bond acceptors (Lipinski definition) is 5. The van der Waals surface area contributed by atoms with Crippen molar-refractivity contribution in [1.82, 2.24) is 0 Å². The summed E-state index contributed by atoms with van der Waals surface area (Å²) < 4.78 is 16.4. The summed E-state index contributed by atoms with van der Waals surface area (Å²) in [5, 5.41) is 0.634. The highest BCUT2D eigenvalue weighted by atomic mass is 35.5. The lowest BCUT2D eigenvalue weighted by molar-refractivity contribution is 0.0600. The predicted molar refractivity (Wildman–Crippen MR) is 118 cm³/mol. The van der Waals surface area contributed by atoms with Crippen molar-refractivity contribution in [3.8, 4) is 11.5 Å². The zero-order chi connectivity index (χ0) is 22.0. The minimum Gasteiger partial charge on any atom is -0.489 e. The lowest BCUT2D eigenvalue weighted by Gasteiger charge is -2.10. The van der Waals surface area contributed by atoms with Crippen LogP contribution in [0.4, 0.5) is 0 Å². The fourth-order valence-electron chi connectivity index (χ4n) is 3.32. The summed E-state index contributed by atoms with van der Waals surface area (Å²) in [6.45, 7) is 2.15. The van der Waals surface area contributed by atoms with Gasteiger partial charge in [-0.25, -0.2) is 4.79 Å².